The van der Waals surface area contributed by atoms with Crippen LogP contribution >= 0.6 is 0 Å². The van der Waals surface area contributed by atoms with Gasteiger partial charge in [-0.15, -0.1) is 0 Å². The number of nitriles is 1. The van der Waals surface area contributed by atoms with Crippen molar-refractivity contribution >= 4 is 16.0 Å². The summed E-state index contributed by atoms with van der Waals surface area (Å²) in [5, 5.41) is 8.71. The van der Waals surface area contributed by atoms with Crippen LogP contribution in [0.4, 0.5) is 0 Å². The van der Waals surface area contributed by atoms with E-state index in [1.54, 1.807) is 13.8 Å². The van der Waals surface area contributed by atoms with Gasteiger partial charge in [-0.25, -0.2) is 8.42 Å². The summed E-state index contributed by atoms with van der Waals surface area (Å²) in [5.74, 6) is -0.781. The molecule has 1 atom stereocenters. The second kappa shape index (κ2) is 7.54. The molecule has 1 heterocycles. The first-order chi connectivity index (χ1) is 11.7. The number of aryl methyl sites for hydroxylation is 3. The highest BCUT2D eigenvalue weighted by molar-refractivity contribution is 7.89. The van der Waals surface area contributed by atoms with Gasteiger partial charge in [-0.05, 0) is 51.7 Å². The number of benzene rings is 1. The van der Waals surface area contributed by atoms with Crippen molar-refractivity contribution in [1.29, 1.82) is 5.26 Å². The number of hydrogen-bond donors (Lipinski definition) is 0. The minimum Gasteiger partial charge on any atom is -0.447 e. The smallest absolute Gasteiger partial charge is 0.310 e. The maximum absolute atomic E-state index is 13.0. The molecule has 6 nitrogen and oxygen atoms in total. The Morgan fingerprint density at radius 3 is 2.24 bits per heavy atom. The Balaban J connectivity index is 2.13. The minimum atomic E-state index is -3.59. The van der Waals surface area contributed by atoms with E-state index in [0.717, 1.165) is 16.7 Å². The molecule has 0 saturated carbocycles. The largest absolute Gasteiger partial charge is 0.447 e. The van der Waals surface area contributed by atoms with Crippen molar-refractivity contribution in [3.05, 3.63) is 28.8 Å². The highest BCUT2D eigenvalue weighted by Crippen LogP contribution is 2.29. The molecule has 1 aromatic carbocycles. The van der Waals surface area contributed by atoms with Crippen molar-refractivity contribution < 1.29 is 17.9 Å². The number of piperidine rings is 1. The third-order valence-electron chi connectivity index (χ3n) is 4.46. The van der Waals surface area contributed by atoms with Crippen molar-refractivity contribution in [3.63, 3.8) is 0 Å². The summed E-state index contributed by atoms with van der Waals surface area (Å²) in [6, 6.07) is 5.59. The van der Waals surface area contributed by atoms with E-state index in [9.17, 15) is 13.2 Å². The molecule has 0 amide bonds. The number of nitrogens with zero attached hydrogens (tertiary/aromatic N) is 2. The average molecular weight is 364 g/mol. The van der Waals surface area contributed by atoms with E-state index >= 15 is 0 Å². The van der Waals surface area contributed by atoms with Crippen molar-refractivity contribution in [1.82, 2.24) is 4.31 Å². The van der Waals surface area contributed by atoms with Gasteiger partial charge in [0.15, 0.2) is 6.10 Å². The lowest BCUT2D eigenvalue weighted by molar-refractivity contribution is -0.152. The zero-order valence-electron chi connectivity index (χ0n) is 15.1. The molecule has 0 radical (unpaired) electrons. The first kappa shape index (κ1) is 19.4. The summed E-state index contributed by atoms with van der Waals surface area (Å²) < 4.78 is 32.5. The lowest BCUT2D eigenvalue weighted by Gasteiger charge is -2.31. The van der Waals surface area contributed by atoms with E-state index < -0.39 is 22.1 Å². The van der Waals surface area contributed by atoms with Crippen LogP contribution < -0.4 is 0 Å². The molecular weight excluding hydrogens is 340 g/mol. The van der Waals surface area contributed by atoms with Crippen LogP contribution in [0.2, 0.25) is 0 Å². The van der Waals surface area contributed by atoms with Crippen LogP contribution in [-0.4, -0.2) is 37.9 Å². The summed E-state index contributed by atoms with van der Waals surface area (Å²) in [6.45, 7) is 7.61. The molecule has 1 aliphatic rings. The first-order valence-corrected chi connectivity index (χ1v) is 9.79. The molecule has 0 spiro atoms. The topological polar surface area (TPSA) is 87.5 Å². The van der Waals surface area contributed by atoms with Gasteiger partial charge in [0.1, 0.15) is 6.07 Å². The van der Waals surface area contributed by atoms with Gasteiger partial charge in [0.25, 0.3) is 0 Å². The summed E-state index contributed by atoms with van der Waals surface area (Å²) in [5.41, 5.74) is 2.51. The van der Waals surface area contributed by atoms with E-state index in [-0.39, 0.29) is 19.0 Å². The van der Waals surface area contributed by atoms with E-state index in [1.807, 2.05) is 25.1 Å². The van der Waals surface area contributed by atoms with Crippen LogP contribution in [0.5, 0.6) is 0 Å². The maximum atomic E-state index is 13.0. The number of ether oxygens (including phenoxy) is 1. The van der Waals surface area contributed by atoms with E-state index in [2.05, 4.69) is 0 Å². The number of sulfonamides is 1. The van der Waals surface area contributed by atoms with E-state index in [1.165, 1.54) is 11.2 Å². The normalized spacial score (nSPS) is 17.7. The number of esters is 1. The Hall–Kier alpha value is -1.91. The Bertz CT molecular complexity index is 780. The number of rotatable bonds is 4. The fourth-order valence-electron chi connectivity index (χ4n) is 3.33. The standard InChI is InChI=1S/C18H24N2O4S/c1-12-9-13(2)17(14(3)10-12)25(22,23)20-7-5-16(6-8-20)18(21)24-15(4)11-19/h9-10,15-16H,5-8H2,1-4H3. The molecule has 0 bridgehead atoms. The van der Waals surface area contributed by atoms with Gasteiger partial charge in [-0.3, -0.25) is 4.79 Å². The molecule has 1 aliphatic heterocycles. The molecule has 7 heteroatoms. The van der Waals surface area contributed by atoms with E-state index in [0.29, 0.717) is 17.7 Å². The van der Waals surface area contributed by atoms with Crippen LogP contribution in [0.3, 0.4) is 0 Å². The van der Waals surface area contributed by atoms with Crippen LogP contribution in [0.1, 0.15) is 36.5 Å². The molecule has 1 saturated heterocycles. The van der Waals surface area contributed by atoms with Crippen molar-refractivity contribution in [2.75, 3.05) is 13.1 Å². The van der Waals surface area contributed by atoms with Crippen molar-refractivity contribution in [2.45, 2.75) is 51.5 Å². The minimum absolute atomic E-state index is 0.274. The predicted molar refractivity (Wildman–Crippen MR) is 93.3 cm³/mol. The summed E-state index contributed by atoms with van der Waals surface area (Å²) in [4.78, 5) is 12.4. The number of carbonyl (C=O) groups is 1. The third kappa shape index (κ3) is 4.20. The van der Waals surface area contributed by atoms with Crippen LogP contribution in [0, 0.1) is 38.0 Å². The molecule has 25 heavy (non-hydrogen) atoms. The fourth-order valence-corrected chi connectivity index (χ4v) is 5.21. The average Bonchev–Trinajstić information content (AvgIpc) is 2.53. The van der Waals surface area contributed by atoms with Crippen molar-refractivity contribution in [2.24, 2.45) is 5.92 Å². The quantitative estimate of drug-likeness (QED) is 0.766. The lowest BCUT2D eigenvalue weighted by atomic mass is 9.98. The Morgan fingerprint density at radius 1 is 1.24 bits per heavy atom. The third-order valence-corrected chi connectivity index (χ3v) is 6.67. The predicted octanol–water partition coefficient (Wildman–Crippen LogP) is 2.47. The van der Waals surface area contributed by atoms with Gasteiger partial charge in [-0.2, -0.15) is 9.57 Å². The van der Waals surface area contributed by atoms with Gasteiger partial charge < -0.3 is 4.74 Å². The summed E-state index contributed by atoms with van der Waals surface area (Å²) in [6.07, 6.45) is 0.0208. The molecule has 0 N–H and O–H groups in total. The molecule has 1 aromatic rings. The maximum Gasteiger partial charge on any atom is 0.310 e. The molecule has 0 aliphatic carbocycles. The SMILES string of the molecule is Cc1cc(C)c(S(=O)(=O)N2CCC(C(=O)OC(C)C#N)CC2)c(C)c1. The second-order valence-electron chi connectivity index (χ2n) is 6.61. The van der Waals surface area contributed by atoms with Crippen LogP contribution in [0.25, 0.3) is 0 Å². The zero-order chi connectivity index (χ0) is 18.8. The Kier molecular flexibility index (Phi) is 5.86. The Labute approximate surface area is 149 Å². The van der Waals surface area contributed by atoms with Crippen LogP contribution in [-0.2, 0) is 19.6 Å². The zero-order valence-corrected chi connectivity index (χ0v) is 15.9. The second-order valence-corrected chi connectivity index (χ2v) is 8.49. The molecule has 2 rings (SSSR count). The number of carbonyl (C=O) groups excluding carboxylic acids is 1. The van der Waals surface area contributed by atoms with Gasteiger partial charge >= 0.3 is 5.97 Å². The van der Waals surface area contributed by atoms with Gasteiger partial charge in [0.05, 0.1) is 10.8 Å². The first-order valence-electron chi connectivity index (χ1n) is 8.35. The fraction of sp³-hybridized carbons (Fsp3) is 0.556. The van der Waals surface area contributed by atoms with E-state index in [4.69, 9.17) is 10.00 Å². The molecule has 136 valence electrons. The monoisotopic (exact) mass is 364 g/mol. The van der Waals surface area contributed by atoms with Gasteiger partial charge in [0, 0.05) is 13.1 Å². The summed E-state index contributed by atoms with van der Waals surface area (Å²) >= 11 is 0. The highest BCUT2D eigenvalue weighted by atomic mass is 32.2. The van der Waals surface area contributed by atoms with Gasteiger partial charge in [0.2, 0.25) is 10.0 Å². The molecular formula is C18H24N2O4S. The molecule has 1 unspecified atom stereocenters. The lowest BCUT2D eigenvalue weighted by Crippen LogP contribution is -2.41. The van der Waals surface area contributed by atoms with Crippen molar-refractivity contribution in [3.8, 4) is 6.07 Å². The summed E-state index contributed by atoms with van der Waals surface area (Å²) in [7, 11) is -3.59. The Morgan fingerprint density at radius 2 is 1.76 bits per heavy atom. The highest BCUT2D eigenvalue weighted by Gasteiger charge is 2.34. The number of hydrogen-bond acceptors (Lipinski definition) is 5. The molecule has 1 fully saturated rings. The molecule has 0 aromatic heterocycles. The van der Waals surface area contributed by atoms with Crippen LogP contribution in [0.15, 0.2) is 17.0 Å². The van der Waals surface area contributed by atoms with Gasteiger partial charge in [-0.1, -0.05) is 17.7 Å².